The molecule has 1 atom stereocenters. The van der Waals surface area contributed by atoms with Gasteiger partial charge in [-0.1, -0.05) is 19.1 Å². The highest BCUT2D eigenvalue weighted by atomic mass is 79.9. The van der Waals surface area contributed by atoms with Crippen LogP contribution >= 0.6 is 15.9 Å². The third-order valence-corrected chi connectivity index (χ3v) is 3.23. The van der Waals surface area contributed by atoms with Crippen LogP contribution in [0.1, 0.15) is 24.0 Å². The Morgan fingerprint density at radius 1 is 1.50 bits per heavy atom. The first kappa shape index (κ1) is 11.5. The van der Waals surface area contributed by atoms with Gasteiger partial charge in [-0.3, -0.25) is 0 Å². The zero-order chi connectivity index (χ0) is 10.7. The van der Waals surface area contributed by atoms with Gasteiger partial charge in [0.1, 0.15) is 5.75 Å². The van der Waals surface area contributed by atoms with Gasteiger partial charge in [-0.25, -0.2) is 0 Å². The van der Waals surface area contributed by atoms with Gasteiger partial charge < -0.3 is 10.5 Å². The largest absolute Gasteiger partial charge is 0.495 e. The summed E-state index contributed by atoms with van der Waals surface area (Å²) in [6, 6.07) is 4.16. The van der Waals surface area contributed by atoms with Crippen molar-refractivity contribution in [1.29, 1.82) is 0 Å². The summed E-state index contributed by atoms with van der Waals surface area (Å²) in [7, 11) is 1.68. The summed E-state index contributed by atoms with van der Waals surface area (Å²) >= 11 is 3.55. The molecule has 3 heteroatoms. The second-order valence-corrected chi connectivity index (χ2v) is 4.25. The number of hydrogen-bond donors (Lipinski definition) is 1. The van der Waals surface area contributed by atoms with Gasteiger partial charge >= 0.3 is 0 Å². The van der Waals surface area contributed by atoms with Crippen LogP contribution in [0.2, 0.25) is 0 Å². The van der Waals surface area contributed by atoms with Crippen molar-refractivity contribution in [2.45, 2.75) is 19.8 Å². The quantitative estimate of drug-likeness (QED) is 0.904. The molecule has 2 N–H and O–H groups in total. The number of nitrogens with two attached hydrogens (primary N) is 1. The Hall–Kier alpha value is -0.540. The van der Waals surface area contributed by atoms with E-state index in [0.717, 1.165) is 15.8 Å². The highest BCUT2D eigenvalue weighted by molar-refractivity contribution is 9.10. The van der Waals surface area contributed by atoms with Gasteiger partial charge in [0.25, 0.3) is 0 Å². The minimum absolute atomic E-state index is 0.346. The van der Waals surface area contributed by atoms with Crippen LogP contribution in [-0.4, -0.2) is 13.7 Å². The summed E-state index contributed by atoms with van der Waals surface area (Å²) < 4.78 is 6.35. The minimum Gasteiger partial charge on any atom is -0.495 e. The Kier molecular flexibility index (Phi) is 3.96. The molecule has 1 aromatic rings. The van der Waals surface area contributed by atoms with E-state index in [2.05, 4.69) is 35.0 Å². The maximum absolute atomic E-state index is 5.64. The van der Waals surface area contributed by atoms with Crippen LogP contribution in [0.3, 0.4) is 0 Å². The zero-order valence-electron chi connectivity index (χ0n) is 8.80. The fourth-order valence-electron chi connectivity index (χ4n) is 1.43. The first-order valence-electron chi connectivity index (χ1n) is 4.64. The van der Waals surface area contributed by atoms with E-state index in [1.165, 1.54) is 5.56 Å². The maximum atomic E-state index is 5.64. The molecule has 2 nitrogen and oxygen atoms in total. The molecule has 78 valence electrons. The predicted molar refractivity (Wildman–Crippen MR) is 62.9 cm³/mol. The van der Waals surface area contributed by atoms with Crippen LogP contribution in [0.15, 0.2) is 16.6 Å². The van der Waals surface area contributed by atoms with E-state index in [4.69, 9.17) is 10.5 Å². The molecule has 14 heavy (non-hydrogen) atoms. The number of aryl methyl sites for hydroxylation is 1. The first-order chi connectivity index (χ1) is 6.61. The summed E-state index contributed by atoms with van der Waals surface area (Å²) in [5.41, 5.74) is 7.98. The lowest BCUT2D eigenvalue weighted by molar-refractivity contribution is 0.408. The summed E-state index contributed by atoms with van der Waals surface area (Å²) in [6.45, 7) is 4.78. The molecule has 0 aliphatic rings. The highest BCUT2D eigenvalue weighted by Crippen LogP contribution is 2.35. The zero-order valence-corrected chi connectivity index (χ0v) is 10.4. The molecule has 0 radical (unpaired) electrons. The minimum atomic E-state index is 0.346. The van der Waals surface area contributed by atoms with E-state index in [1.54, 1.807) is 7.11 Å². The number of halogens is 1. The highest BCUT2D eigenvalue weighted by Gasteiger charge is 2.13. The summed E-state index contributed by atoms with van der Waals surface area (Å²) in [4.78, 5) is 0. The number of hydrogen-bond acceptors (Lipinski definition) is 2. The van der Waals surface area contributed by atoms with Crippen molar-refractivity contribution < 1.29 is 4.74 Å². The molecule has 0 spiro atoms. The normalized spacial score (nSPS) is 12.6. The molecule has 0 amide bonds. The Morgan fingerprint density at radius 2 is 2.14 bits per heavy atom. The van der Waals surface area contributed by atoms with Gasteiger partial charge in [0.2, 0.25) is 0 Å². The van der Waals surface area contributed by atoms with Crippen LogP contribution in [0.5, 0.6) is 5.75 Å². The maximum Gasteiger partial charge on any atom is 0.136 e. The predicted octanol–water partition coefficient (Wildman–Crippen LogP) is 2.83. The molecule has 0 aliphatic heterocycles. The molecule has 0 bridgehead atoms. The molecule has 1 unspecified atom stereocenters. The van der Waals surface area contributed by atoms with E-state index in [0.29, 0.717) is 12.5 Å². The fraction of sp³-hybridized carbons (Fsp3) is 0.455. The summed E-state index contributed by atoms with van der Waals surface area (Å²) in [6.07, 6.45) is 0. The number of benzene rings is 1. The average Bonchev–Trinajstić information content (AvgIpc) is 2.18. The molecular weight excluding hydrogens is 242 g/mol. The SMILES string of the molecule is COc1c(C)ccc(C(C)CN)c1Br. The van der Waals surface area contributed by atoms with Crippen LogP contribution in [0, 0.1) is 6.92 Å². The molecule has 0 saturated heterocycles. The average molecular weight is 258 g/mol. The van der Waals surface area contributed by atoms with Crippen LogP contribution in [-0.2, 0) is 0 Å². The van der Waals surface area contributed by atoms with E-state index in [1.807, 2.05) is 6.92 Å². The number of ether oxygens (including phenoxy) is 1. The van der Waals surface area contributed by atoms with E-state index in [9.17, 15) is 0 Å². The van der Waals surface area contributed by atoms with Crippen molar-refractivity contribution in [3.8, 4) is 5.75 Å². The van der Waals surface area contributed by atoms with Gasteiger partial charge in [-0.15, -0.1) is 0 Å². The van der Waals surface area contributed by atoms with Gasteiger partial charge in [0, 0.05) is 0 Å². The standard InChI is InChI=1S/C11H16BrNO/c1-7-4-5-9(8(2)6-13)10(12)11(7)14-3/h4-5,8H,6,13H2,1-3H3. The third kappa shape index (κ3) is 2.10. The van der Waals surface area contributed by atoms with Crippen LogP contribution in [0.25, 0.3) is 0 Å². The van der Waals surface area contributed by atoms with Crippen molar-refractivity contribution in [3.05, 3.63) is 27.7 Å². The third-order valence-electron chi connectivity index (χ3n) is 2.41. The van der Waals surface area contributed by atoms with Crippen molar-refractivity contribution in [2.24, 2.45) is 5.73 Å². The summed E-state index contributed by atoms with van der Waals surface area (Å²) in [5.74, 6) is 1.25. The molecule has 0 heterocycles. The first-order valence-corrected chi connectivity index (χ1v) is 5.44. The van der Waals surface area contributed by atoms with Gasteiger partial charge in [0.05, 0.1) is 11.6 Å². The molecule has 0 saturated carbocycles. The van der Waals surface area contributed by atoms with Crippen LogP contribution < -0.4 is 10.5 Å². The Balaban J connectivity index is 3.21. The smallest absolute Gasteiger partial charge is 0.136 e. The van der Waals surface area contributed by atoms with Gasteiger partial charge in [0.15, 0.2) is 0 Å². The van der Waals surface area contributed by atoms with Crippen molar-refractivity contribution >= 4 is 15.9 Å². The second kappa shape index (κ2) is 4.80. The Bertz CT molecular complexity index is 325. The second-order valence-electron chi connectivity index (χ2n) is 3.46. The Morgan fingerprint density at radius 3 is 2.64 bits per heavy atom. The van der Waals surface area contributed by atoms with E-state index in [-0.39, 0.29) is 0 Å². The number of methoxy groups -OCH3 is 1. The lowest BCUT2D eigenvalue weighted by Gasteiger charge is -2.15. The summed E-state index contributed by atoms with van der Waals surface area (Å²) in [5, 5.41) is 0. The molecule has 0 aliphatic carbocycles. The molecule has 0 aromatic heterocycles. The topological polar surface area (TPSA) is 35.2 Å². The van der Waals surface area contributed by atoms with Crippen LogP contribution in [0.4, 0.5) is 0 Å². The Labute approximate surface area is 93.6 Å². The van der Waals surface area contributed by atoms with Gasteiger partial charge in [-0.05, 0) is 46.4 Å². The monoisotopic (exact) mass is 257 g/mol. The fourth-order valence-corrected chi connectivity index (χ4v) is 2.42. The van der Waals surface area contributed by atoms with Crippen molar-refractivity contribution in [2.75, 3.05) is 13.7 Å². The van der Waals surface area contributed by atoms with E-state index >= 15 is 0 Å². The number of rotatable bonds is 3. The van der Waals surface area contributed by atoms with E-state index < -0.39 is 0 Å². The van der Waals surface area contributed by atoms with Gasteiger partial charge in [-0.2, -0.15) is 0 Å². The van der Waals surface area contributed by atoms with Crippen molar-refractivity contribution in [1.82, 2.24) is 0 Å². The molecular formula is C11H16BrNO. The molecule has 1 aromatic carbocycles. The van der Waals surface area contributed by atoms with Crippen molar-refractivity contribution in [3.63, 3.8) is 0 Å². The molecule has 0 fully saturated rings. The molecule has 1 rings (SSSR count). The lowest BCUT2D eigenvalue weighted by Crippen LogP contribution is -2.10. The lowest BCUT2D eigenvalue weighted by atomic mass is 9.99.